The van der Waals surface area contributed by atoms with Crippen molar-refractivity contribution in [3.05, 3.63) is 44.4 Å². The number of fused-ring (bicyclic) bond motifs is 9. The lowest BCUT2D eigenvalue weighted by Gasteiger charge is -2.43. The first-order valence-corrected chi connectivity index (χ1v) is 15.5. The highest BCUT2D eigenvalue weighted by atomic mass is 32.2. The Morgan fingerprint density at radius 1 is 1.05 bits per heavy atom. The van der Waals surface area contributed by atoms with Crippen LogP contribution in [0.3, 0.4) is 0 Å². The number of carboxylic acid groups (broad SMARTS) is 1. The lowest BCUT2D eigenvalue weighted by Crippen LogP contribution is -2.42. The van der Waals surface area contributed by atoms with Gasteiger partial charge in [-0.05, 0) is 61.1 Å². The molecule has 2 aliphatic carbocycles. The molecular weight excluding hydrogens is 554 g/mol. The molecule has 2 N–H and O–H groups in total. The number of aromatic amines is 1. The SMILES string of the molecule is O=C(O)CN1C(=O)C2C3CC(C2C1=O)C1C3Sc2[nH]c(=O)sc2[C@@H]1c1cccc(OCC(=O)N2CCCCC2)c1. The van der Waals surface area contributed by atoms with Crippen LogP contribution >= 0.6 is 23.1 Å². The summed E-state index contributed by atoms with van der Waals surface area (Å²) in [4.78, 5) is 69.6. The minimum Gasteiger partial charge on any atom is -0.484 e. The number of thioether (sulfide) groups is 1. The first-order valence-electron chi connectivity index (χ1n) is 13.8. The second-order valence-electron chi connectivity index (χ2n) is 11.4. The number of aromatic nitrogens is 1. The van der Waals surface area contributed by atoms with Gasteiger partial charge in [-0.25, -0.2) is 0 Å². The fourth-order valence-electron chi connectivity index (χ4n) is 7.92. The van der Waals surface area contributed by atoms with Crippen molar-refractivity contribution in [1.29, 1.82) is 0 Å². The molecule has 1 aromatic carbocycles. The molecule has 40 heavy (non-hydrogen) atoms. The second kappa shape index (κ2) is 9.76. The van der Waals surface area contributed by atoms with E-state index in [2.05, 4.69) is 4.98 Å². The fourth-order valence-corrected chi connectivity index (χ4v) is 10.8. The molecule has 6 unspecified atom stereocenters. The van der Waals surface area contributed by atoms with Crippen LogP contribution in [0.25, 0.3) is 0 Å². The third-order valence-corrected chi connectivity index (χ3v) is 12.0. The molecule has 7 rings (SSSR count). The molecule has 10 nitrogen and oxygen atoms in total. The summed E-state index contributed by atoms with van der Waals surface area (Å²) in [7, 11) is 0. The van der Waals surface area contributed by atoms with Crippen LogP contribution in [0.1, 0.15) is 42.0 Å². The summed E-state index contributed by atoms with van der Waals surface area (Å²) in [6, 6.07) is 7.63. The number of piperidine rings is 1. The van der Waals surface area contributed by atoms with Crippen LogP contribution in [-0.4, -0.2) is 75.1 Å². The molecule has 2 saturated carbocycles. The number of H-pyrrole nitrogens is 1. The molecule has 0 radical (unpaired) electrons. The molecular formula is C28H29N3O7S2. The van der Waals surface area contributed by atoms with Gasteiger partial charge in [0.15, 0.2) is 6.61 Å². The number of amides is 3. The summed E-state index contributed by atoms with van der Waals surface area (Å²) in [5, 5.41) is 10.1. The Morgan fingerprint density at radius 2 is 1.80 bits per heavy atom. The fraction of sp³-hybridized carbons (Fsp3) is 0.536. The summed E-state index contributed by atoms with van der Waals surface area (Å²) in [6.45, 7) is 0.877. The number of nitrogens with one attached hydrogen (secondary N) is 1. The van der Waals surface area contributed by atoms with Gasteiger partial charge in [-0.15, -0.1) is 11.8 Å². The molecule has 2 saturated heterocycles. The van der Waals surface area contributed by atoms with E-state index in [-0.39, 0.29) is 58.1 Å². The number of thiazole rings is 1. The molecule has 2 aromatic rings. The molecule has 7 atom stereocenters. The number of rotatable bonds is 6. The van der Waals surface area contributed by atoms with E-state index in [1.165, 1.54) is 11.3 Å². The van der Waals surface area contributed by atoms with Crippen molar-refractivity contribution in [2.75, 3.05) is 26.2 Å². The first kappa shape index (κ1) is 25.8. The Kier molecular flexibility index (Phi) is 6.30. The highest BCUT2D eigenvalue weighted by Gasteiger charge is 2.69. The molecule has 2 bridgehead atoms. The van der Waals surface area contributed by atoms with E-state index in [0.29, 0.717) is 5.75 Å². The van der Waals surface area contributed by atoms with Crippen LogP contribution in [0.4, 0.5) is 0 Å². The minimum absolute atomic E-state index is 0.00181. The maximum atomic E-state index is 13.3. The van der Waals surface area contributed by atoms with Gasteiger partial charge < -0.3 is 19.7 Å². The number of hydrogen-bond acceptors (Lipinski definition) is 8. The predicted molar refractivity (Wildman–Crippen MR) is 145 cm³/mol. The van der Waals surface area contributed by atoms with Gasteiger partial charge in [0.2, 0.25) is 11.8 Å². The maximum Gasteiger partial charge on any atom is 0.323 e. The number of aliphatic carboxylic acids is 1. The predicted octanol–water partition coefficient (Wildman–Crippen LogP) is 2.39. The van der Waals surface area contributed by atoms with Gasteiger partial charge >= 0.3 is 10.8 Å². The number of likely N-dealkylation sites (tertiary alicyclic amines) is 2. The molecule has 3 amide bonds. The van der Waals surface area contributed by atoms with E-state index in [1.807, 2.05) is 29.2 Å². The van der Waals surface area contributed by atoms with Gasteiger partial charge in [0, 0.05) is 29.1 Å². The number of carbonyl (C=O) groups is 4. The molecule has 210 valence electrons. The first-order chi connectivity index (χ1) is 19.3. The van der Waals surface area contributed by atoms with E-state index in [1.54, 1.807) is 11.8 Å². The van der Waals surface area contributed by atoms with Gasteiger partial charge in [0.25, 0.3) is 5.91 Å². The Labute approximate surface area is 238 Å². The largest absolute Gasteiger partial charge is 0.484 e. The van der Waals surface area contributed by atoms with Crippen LogP contribution in [0.5, 0.6) is 5.75 Å². The topological polar surface area (TPSA) is 137 Å². The average molecular weight is 584 g/mol. The smallest absolute Gasteiger partial charge is 0.323 e. The van der Waals surface area contributed by atoms with Crippen molar-refractivity contribution >= 4 is 46.8 Å². The average Bonchev–Trinajstić information content (AvgIpc) is 3.68. The van der Waals surface area contributed by atoms with E-state index in [4.69, 9.17) is 4.74 Å². The highest BCUT2D eigenvalue weighted by molar-refractivity contribution is 8.00. The normalized spacial score (nSPS) is 32.1. The summed E-state index contributed by atoms with van der Waals surface area (Å²) < 4.78 is 5.95. The van der Waals surface area contributed by atoms with Crippen LogP contribution in [0.2, 0.25) is 0 Å². The zero-order valence-electron chi connectivity index (χ0n) is 21.6. The lowest BCUT2D eigenvalue weighted by atomic mass is 9.68. The number of carboxylic acids is 1. The molecule has 1 aromatic heterocycles. The van der Waals surface area contributed by atoms with Crippen LogP contribution in [0, 0.1) is 29.6 Å². The zero-order valence-corrected chi connectivity index (χ0v) is 23.2. The number of carbonyl (C=O) groups excluding carboxylic acids is 3. The number of ether oxygens (including phenoxy) is 1. The van der Waals surface area contributed by atoms with Crippen molar-refractivity contribution < 1.29 is 29.0 Å². The van der Waals surface area contributed by atoms with E-state index in [0.717, 1.165) is 59.1 Å². The van der Waals surface area contributed by atoms with Crippen molar-refractivity contribution in [2.45, 2.75) is 41.9 Å². The number of imide groups is 1. The zero-order chi connectivity index (χ0) is 27.7. The van der Waals surface area contributed by atoms with Crippen molar-refractivity contribution in [3.8, 4) is 5.75 Å². The number of benzene rings is 1. The Morgan fingerprint density at radius 3 is 2.55 bits per heavy atom. The summed E-state index contributed by atoms with van der Waals surface area (Å²) in [5.74, 6) is -2.79. The summed E-state index contributed by atoms with van der Waals surface area (Å²) in [6.07, 6.45) is 3.89. The van der Waals surface area contributed by atoms with Crippen LogP contribution < -0.4 is 9.61 Å². The van der Waals surface area contributed by atoms with Crippen molar-refractivity contribution in [2.24, 2.45) is 29.6 Å². The van der Waals surface area contributed by atoms with E-state index in [9.17, 15) is 29.1 Å². The number of nitrogens with zero attached hydrogens (tertiary/aromatic N) is 2. The molecule has 4 heterocycles. The highest BCUT2D eigenvalue weighted by Crippen LogP contribution is 2.68. The monoisotopic (exact) mass is 583 g/mol. The lowest BCUT2D eigenvalue weighted by molar-refractivity contribution is -0.149. The Bertz CT molecular complexity index is 1460. The van der Waals surface area contributed by atoms with Crippen LogP contribution in [-0.2, 0) is 19.2 Å². The second-order valence-corrected chi connectivity index (χ2v) is 13.6. The van der Waals surface area contributed by atoms with Crippen molar-refractivity contribution in [3.63, 3.8) is 0 Å². The third-order valence-electron chi connectivity index (χ3n) is 9.40. The van der Waals surface area contributed by atoms with Crippen molar-refractivity contribution in [1.82, 2.24) is 14.8 Å². The van der Waals surface area contributed by atoms with Gasteiger partial charge in [-0.1, -0.05) is 23.5 Å². The minimum atomic E-state index is -1.20. The standard InChI is InChI=1S/C28H29N3O7S2/c32-17(30-7-2-1-3-8-30)12-38-14-6-4-5-13(9-14)19-20-15-10-16(23(20)39-25-24(19)40-28(37)29-25)22-21(15)26(35)31(27(22)36)11-18(33)34/h4-6,9,15-16,19-23H,1-3,7-8,10-12H2,(H,29,37)(H,33,34)/t15?,16?,19-,20?,21?,22?,23?/m1/s1. The van der Waals surface area contributed by atoms with Crippen LogP contribution in [0.15, 0.2) is 34.1 Å². The van der Waals surface area contributed by atoms with Gasteiger partial charge in [0.05, 0.1) is 16.9 Å². The molecule has 5 aliphatic rings. The molecule has 12 heteroatoms. The quantitative estimate of drug-likeness (QED) is 0.495. The van der Waals surface area contributed by atoms with Gasteiger partial charge in [-0.3, -0.25) is 28.9 Å². The summed E-state index contributed by atoms with van der Waals surface area (Å²) in [5.41, 5.74) is 0.943. The van der Waals surface area contributed by atoms with E-state index < -0.39 is 24.3 Å². The number of hydrogen-bond donors (Lipinski definition) is 2. The molecule has 3 aliphatic heterocycles. The molecule has 4 fully saturated rings. The van der Waals surface area contributed by atoms with E-state index >= 15 is 0 Å². The molecule has 0 spiro atoms. The van der Waals surface area contributed by atoms with Gasteiger partial charge in [-0.2, -0.15) is 0 Å². The summed E-state index contributed by atoms with van der Waals surface area (Å²) >= 11 is 2.76. The van der Waals surface area contributed by atoms with Gasteiger partial charge in [0.1, 0.15) is 12.3 Å². The maximum absolute atomic E-state index is 13.3. The third kappa shape index (κ3) is 4.01. The Balaban J connectivity index is 1.19. The Hall–Kier alpha value is -3.12.